The average Bonchev–Trinajstić information content (AvgIpc) is 3.47. The highest BCUT2D eigenvalue weighted by Crippen LogP contribution is 2.33. The molecule has 3 rings (SSSR count). The van der Waals surface area contributed by atoms with Gasteiger partial charge in [-0.15, -0.1) is 11.3 Å². The molecule has 4 N–H and O–H groups in total. The summed E-state index contributed by atoms with van der Waals surface area (Å²) in [5.74, 6) is -7.23. The van der Waals surface area contributed by atoms with Crippen LogP contribution in [-0.2, 0) is 35.2 Å². The van der Waals surface area contributed by atoms with E-state index in [0.717, 1.165) is 21.6 Å². The number of carboxylic acid groups (broad SMARTS) is 3. The molecule has 0 aliphatic heterocycles. The van der Waals surface area contributed by atoms with Crippen molar-refractivity contribution < 1.29 is 44.1 Å². The van der Waals surface area contributed by atoms with Crippen LogP contribution in [-0.4, -0.2) is 56.7 Å². The first-order valence-electron chi connectivity index (χ1n) is 14.1. The lowest BCUT2D eigenvalue weighted by Gasteiger charge is -2.23. The molecule has 44 heavy (non-hydrogen) atoms. The fraction of sp³-hybridized carbons (Fsp3) is 0.333. The zero-order valence-electron chi connectivity index (χ0n) is 24.2. The maximum atomic E-state index is 13.3. The van der Waals surface area contributed by atoms with Crippen molar-refractivity contribution in [3.63, 3.8) is 0 Å². The Bertz CT molecular complexity index is 1480. The molecule has 0 spiro atoms. The van der Waals surface area contributed by atoms with Crippen LogP contribution in [0.3, 0.4) is 0 Å². The smallest absolute Gasteiger partial charge is 0.304 e. The zero-order chi connectivity index (χ0) is 32.2. The Morgan fingerprint density at radius 3 is 1.95 bits per heavy atom. The van der Waals surface area contributed by atoms with Crippen molar-refractivity contribution in [1.29, 1.82) is 0 Å². The number of hydrogen-bond acceptors (Lipinski definition) is 7. The van der Waals surface area contributed by atoms with E-state index in [4.69, 9.17) is 10.2 Å². The fourth-order valence-electron chi connectivity index (χ4n) is 4.83. The van der Waals surface area contributed by atoms with E-state index in [-0.39, 0.29) is 32.1 Å². The Labute approximate surface area is 258 Å². The number of thiophene rings is 1. The van der Waals surface area contributed by atoms with Crippen LogP contribution in [0.25, 0.3) is 21.6 Å². The lowest BCUT2D eigenvalue weighted by molar-refractivity contribution is -0.142. The van der Waals surface area contributed by atoms with Gasteiger partial charge in [0.15, 0.2) is 5.78 Å². The van der Waals surface area contributed by atoms with Crippen molar-refractivity contribution in [1.82, 2.24) is 5.32 Å². The van der Waals surface area contributed by atoms with Gasteiger partial charge < -0.3 is 20.6 Å². The summed E-state index contributed by atoms with van der Waals surface area (Å²) in [5, 5.41) is 32.2. The number of carbonyl (C=O) groups is 6. The summed E-state index contributed by atoms with van der Waals surface area (Å²) in [6, 6.07) is 18.2. The number of carbonyl (C=O) groups excluding carboxylic acids is 3. The number of nitrogens with one attached hydrogen (secondary N) is 1. The molecule has 0 saturated heterocycles. The summed E-state index contributed by atoms with van der Waals surface area (Å²) in [5.41, 5.74) is 3.86. The van der Waals surface area contributed by atoms with Gasteiger partial charge >= 0.3 is 17.9 Å². The largest absolute Gasteiger partial charge is 0.481 e. The minimum atomic E-state index is -1.28. The molecule has 0 radical (unpaired) electrons. The summed E-state index contributed by atoms with van der Waals surface area (Å²) in [6.45, 7) is 1.24. The van der Waals surface area contributed by atoms with Crippen molar-refractivity contribution in [3.05, 3.63) is 71.6 Å². The number of rotatable bonds is 18. The molecule has 3 aromatic rings. The number of aliphatic carboxylic acids is 3. The molecule has 1 aromatic heterocycles. The third-order valence-electron chi connectivity index (χ3n) is 7.30. The molecular weight excluding hydrogens is 586 g/mol. The predicted octanol–water partition coefficient (Wildman–Crippen LogP) is 5.09. The minimum absolute atomic E-state index is 0.0621. The highest BCUT2D eigenvalue weighted by atomic mass is 32.1. The summed E-state index contributed by atoms with van der Waals surface area (Å²) >= 11 is 1.59. The molecule has 11 heteroatoms. The summed E-state index contributed by atoms with van der Waals surface area (Å²) in [6.07, 6.45) is -1.94. The van der Waals surface area contributed by atoms with E-state index >= 15 is 0 Å². The van der Waals surface area contributed by atoms with Gasteiger partial charge in [0.25, 0.3) is 0 Å². The van der Waals surface area contributed by atoms with Gasteiger partial charge in [-0.3, -0.25) is 28.8 Å². The highest BCUT2D eigenvalue weighted by molar-refractivity contribution is 7.14. The second-order valence-corrected chi connectivity index (χ2v) is 11.6. The number of benzene rings is 2. The van der Waals surface area contributed by atoms with Crippen LogP contribution in [0.15, 0.2) is 66.0 Å². The average molecular weight is 622 g/mol. The molecule has 2 aromatic carbocycles. The first-order chi connectivity index (χ1) is 20.9. The van der Waals surface area contributed by atoms with Crippen LogP contribution >= 0.6 is 11.3 Å². The van der Waals surface area contributed by atoms with Crippen LogP contribution in [0.5, 0.6) is 0 Å². The molecule has 3 atom stereocenters. The molecule has 1 amide bonds. The Morgan fingerprint density at radius 1 is 0.727 bits per heavy atom. The van der Waals surface area contributed by atoms with E-state index in [9.17, 15) is 33.9 Å². The maximum Gasteiger partial charge on any atom is 0.304 e. The lowest BCUT2D eigenvalue weighted by atomic mass is 9.89. The van der Waals surface area contributed by atoms with Gasteiger partial charge in [-0.25, -0.2) is 0 Å². The van der Waals surface area contributed by atoms with Crippen LogP contribution in [0, 0.1) is 11.8 Å². The Balaban J connectivity index is 1.73. The topological polar surface area (TPSA) is 175 Å². The fourth-order valence-corrected chi connectivity index (χ4v) is 5.76. The first-order valence-corrected chi connectivity index (χ1v) is 15.0. The van der Waals surface area contributed by atoms with E-state index in [1.54, 1.807) is 11.3 Å². The summed E-state index contributed by atoms with van der Waals surface area (Å²) in [4.78, 5) is 73.3. The Morgan fingerprint density at radius 2 is 1.36 bits per heavy atom. The van der Waals surface area contributed by atoms with Gasteiger partial charge in [0.05, 0.1) is 18.4 Å². The van der Waals surface area contributed by atoms with Crippen molar-refractivity contribution in [2.75, 3.05) is 0 Å². The normalized spacial score (nSPS) is 12.9. The van der Waals surface area contributed by atoms with E-state index < -0.39 is 66.1 Å². The monoisotopic (exact) mass is 621 g/mol. The van der Waals surface area contributed by atoms with Gasteiger partial charge in [-0.2, -0.15) is 0 Å². The van der Waals surface area contributed by atoms with E-state index in [2.05, 4.69) is 16.8 Å². The van der Waals surface area contributed by atoms with Crippen molar-refractivity contribution >= 4 is 46.7 Å². The molecule has 0 saturated carbocycles. The van der Waals surface area contributed by atoms with Crippen molar-refractivity contribution in [2.24, 2.45) is 11.8 Å². The van der Waals surface area contributed by atoms with Crippen LogP contribution in [0.1, 0.15) is 51.0 Å². The second kappa shape index (κ2) is 16.3. The molecule has 0 unspecified atom stereocenters. The highest BCUT2D eigenvalue weighted by Gasteiger charge is 2.30. The molecule has 1 heterocycles. The first kappa shape index (κ1) is 33.9. The van der Waals surface area contributed by atoms with Crippen LogP contribution in [0.4, 0.5) is 0 Å². The molecule has 232 valence electrons. The molecule has 0 aliphatic carbocycles. The predicted molar refractivity (Wildman–Crippen MR) is 164 cm³/mol. The van der Waals surface area contributed by atoms with Crippen molar-refractivity contribution in [3.8, 4) is 21.6 Å². The van der Waals surface area contributed by atoms with Crippen LogP contribution < -0.4 is 5.32 Å². The maximum absolute atomic E-state index is 13.3. The van der Waals surface area contributed by atoms with Gasteiger partial charge in [0.2, 0.25) is 5.91 Å². The van der Waals surface area contributed by atoms with Gasteiger partial charge in [0.1, 0.15) is 5.78 Å². The van der Waals surface area contributed by atoms with E-state index in [1.807, 2.05) is 54.6 Å². The minimum Gasteiger partial charge on any atom is -0.481 e. The SMILES string of the molecule is CC(=O)[C@H](CCC(=O)O)CC(=O)[C@H](CCC(=O)O)NC(=O)[C@H](CC(=O)O)Cc1ccc(-c2cc(-c3ccccc3)cs2)cc1. The Hall–Kier alpha value is -4.64. The number of hydrogen-bond donors (Lipinski definition) is 4. The quantitative estimate of drug-likeness (QED) is 0.151. The van der Waals surface area contributed by atoms with Gasteiger partial charge in [0, 0.05) is 30.1 Å². The van der Waals surface area contributed by atoms with Gasteiger partial charge in [-0.1, -0.05) is 54.6 Å². The number of Topliss-reactive ketones (excluding diaryl/α,β-unsaturated/α-hetero) is 2. The standard InChI is InChI=1S/C33H35NO9S/c1-20(35)24(11-13-30(37)38)16-28(36)27(12-14-31(39)40)34-33(43)25(18-32(41)42)15-21-7-9-23(10-8-21)29-17-26(19-44-29)22-5-3-2-4-6-22/h2-10,17,19,24-25,27H,11-16,18H2,1H3,(H,34,43)(H,37,38)(H,39,40)(H,41,42)/t24-,25+,27+/m1/s1. The third kappa shape index (κ3) is 10.6. The zero-order valence-corrected chi connectivity index (χ0v) is 25.0. The second-order valence-electron chi connectivity index (χ2n) is 10.7. The summed E-state index contributed by atoms with van der Waals surface area (Å²) < 4.78 is 0. The number of amides is 1. The van der Waals surface area contributed by atoms with Gasteiger partial charge in [-0.05, 0) is 59.9 Å². The molecular formula is C33H35NO9S. The van der Waals surface area contributed by atoms with E-state index in [0.29, 0.717) is 5.56 Å². The van der Waals surface area contributed by atoms with Crippen molar-refractivity contribution in [2.45, 2.75) is 57.9 Å². The summed E-state index contributed by atoms with van der Waals surface area (Å²) in [7, 11) is 0. The molecule has 0 bridgehead atoms. The molecule has 10 nitrogen and oxygen atoms in total. The number of ketones is 2. The number of carboxylic acids is 3. The third-order valence-corrected chi connectivity index (χ3v) is 8.28. The van der Waals surface area contributed by atoms with Crippen LogP contribution in [0.2, 0.25) is 0 Å². The Kier molecular flexibility index (Phi) is 12.5. The lowest BCUT2D eigenvalue weighted by Crippen LogP contribution is -2.45. The van der Waals surface area contributed by atoms with E-state index in [1.165, 1.54) is 6.92 Å². The molecule has 0 aliphatic rings. The molecule has 0 fully saturated rings.